The van der Waals surface area contributed by atoms with Crippen LogP contribution in [0.15, 0.2) is 42.7 Å². The number of methoxy groups -OCH3 is 1. The van der Waals surface area contributed by atoms with Crippen molar-refractivity contribution in [3.05, 3.63) is 59.4 Å². The van der Waals surface area contributed by atoms with E-state index in [0.29, 0.717) is 31.1 Å². The molecule has 1 aliphatic carbocycles. The molecule has 0 bridgehead atoms. The Balaban J connectivity index is 1.42. The average molecular weight is 433 g/mol. The van der Waals surface area contributed by atoms with Gasteiger partial charge < -0.3 is 15.0 Å². The van der Waals surface area contributed by atoms with E-state index in [9.17, 15) is 18.0 Å². The SMILES string of the molecule is COCC1(NC(=O)Cc2ccc(C3CC3)cc2)CCN(c2cncc(C(F)(F)F)c2)C1. The molecule has 0 spiro atoms. The summed E-state index contributed by atoms with van der Waals surface area (Å²) in [4.78, 5) is 18.3. The molecule has 1 atom stereocenters. The fraction of sp³-hybridized carbons (Fsp3) is 0.478. The minimum absolute atomic E-state index is 0.125. The number of nitrogens with zero attached hydrogens (tertiary/aromatic N) is 2. The predicted octanol–water partition coefficient (Wildman–Crippen LogP) is 3.93. The highest BCUT2D eigenvalue weighted by Gasteiger charge is 2.40. The van der Waals surface area contributed by atoms with Crippen LogP contribution in [-0.2, 0) is 22.1 Å². The molecule has 1 unspecified atom stereocenters. The first-order valence-corrected chi connectivity index (χ1v) is 10.4. The van der Waals surface area contributed by atoms with Crippen LogP contribution in [0.4, 0.5) is 18.9 Å². The molecular formula is C23H26F3N3O2. The van der Waals surface area contributed by atoms with Crippen LogP contribution in [-0.4, -0.2) is 43.2 Å². The van der Waals surface area contributed by atoms with Crippen molar-refractivity contribution in [2.75, 3.05) is 31.7 Å². The second-order valence-corrected chi connectivity index (χ2v) is 8.56. The summed E-state index contributed by atoms with van der Waals surface area (Å²) in [6, 6.07) is 9.25. The van der Waals surface area contributed by atoms with E-state index in [2.05, 4.69) is 22.4 Å². The number of halogens is 3. The zero-order chi connectivity index (χ0) is 22.1. The Morgan fingerprint density at radius 3 is 2.65 bits per heavy atom. The number of hydrogen-bond donors (Lipinski definition) is 1. The van der Waals surface area contributed by atoms with E-state index in [0.717, 1.165) is 17.8 Å². The van der Waals surface area contributed by atoms with E-state index in [-0.39, 0.29) is 18.9 Å². The van der Waals surface area contributed by atoms with Crippen LogP contribution in [0.3, 0.4) is 0 Å². The number of aromatic nitrogens is 1. The molecular weight excluding hydrogens is 407 g/mol. The monoisotopic (exact) mass is 433 g/mol. The Labute approximate surface area is 179 Å². The van der Waals surface area contributed by atoms with Crippen LogP contribution >= 0.6 is 0 Å². The fourth-order valence-electron chi connectivity index (χ4n) is 4.23. The molecule has 31 heavy (non-hydrogen) atoms. The number of carbonyl (C=O) groups is 1. The highest BCUT2D eigenvalue weighted by molar-refractivity contribution is 5.79. The van der Waals surface area contributed by atoms with E-state index in [4.69, 9.17) is 4.74 Å². The summed E-state index contributed by atoms with van der Waals surface area (Å²) in [6.07, 6.45) is 1.08. The number of carbonyl (C=O) groups excluding carboxylic acids is 1. The van der Waals surface area contributed by atoms with Crippen molar-refractivity contribution in [2.45, 2.75) is 43.3 Å². The maximum atomic E-state index is 13.0. The predicted molar refractivity (Wildman–Crippen MR) is 111 cm³/mol. The van der Waals surface area contributed by atoms with Crippen LogP contribution in [0.1, 0.15) is 41.9 Å². The van der Waals surface area contributed by atoms with Crippen LogP contribution in [0, 0.1) is 0 Å². The second-order valence-electron chi connectivity index (χ2n) is 8.56. The first-order valence-electron chi connectivity index (χ1n) is 10.4. The number of hydrogen-bond acceptors (Lipinski definition) is 4. The molecule has 8 heteroatoms. The van der Waals surface area contributed by atoms with E-state index < -0.39 is 17.3 Å². The molecule has 1 aromatic carbocycles. The first kappa shape index (κ1) is 21.6. The van der Waals surface area contributed by atoms with Gasteiger partial charge in [0.05, 0.1) is 36.0 Å². The van der Waals surface area contributed by atoms with Gasteiger partial charge in [0.15, 0.2) is 0 Å². The maximum absolute atomic E-state index is 13.0. The highest BCUT2D eigenvalue weighted by atomic mass is 19.4. The summed E-state index contributed by atoms with van der Waals surface area (Å²) >= 11 is 0. The molecule has 2 fully saturated rings. The molecule has 1 saturated carbocycles. The van der Waals surface area contributed by atoms with E-state index >= 15 is 0 Å². The van der Waals surface area contributed by atoms with Crippen molar-refractivity contribution >= 4 is 11.6 Å². The quantitative estimate of drug-likeness (QED) is 0.719. The lowest BCUT2D eigenvalue weighted by Gasteiger charge is -2.30. The number of alkyl halides is 3. The first-order chi connectivity index (χ1) is 14.8. The molecule has 1 aliphatic heterocycles. The van der Waals surface area contributed by atoms with Crippen LogP contribution in [0.25, 0.3) is 0 Å². The lowest BCUT2D eigenvalue weighted by molar-refractivity contribution is -0.137. The fourth-order valence-corrected chi connectivity index (χ4v) is 4.23. The molecule has 1 saturated heterocycles. The van der Waals surface area contributed by atoms with Crippen LogP contribution in [0.5, 0.6) is 0 Å². The topological polar surface area (TPSA) is 54.5 Å². The molecule has 166 valence electrons. The molecule has 2 aliphatic rings. The highest BCUT2D eigenvalue weighted by Crippen LogP contribution is 2.40. The third kappa shape index (κ3) is 5.18. The van der Waals surface area contributed by atoms with Gasteiger partial charge in [-0.15, -0.1) is 0 Å². The standard InChI is InChI=1S/C23H26F3N3O2/c1-31-15-22(28-21(30)10-16-2-4-17(5-3-16)18-6-7-18)8-9-29(14-22)20-11-19(12-27-13-20)23(24,25)26/h2-5,11-13,18H,6-10,14-15H2,1H3,(H,28,30). The van der Waals surface area contributed by atoms with E-state index in [1.165, 1.54) is 24.6 Å². The minimum Gasteiger partial charge on any atom is -0.382 e. The Morgan fingerprint density at radius 1 is 1.26 bits per heavy atom. The van der Waals surface area contributed by atoms with Crippen LogP contribution in [0.2, 0.25) is 0 Å². The third-order valence-corrected chi connectivity index (χ3v) is 5.99. The smallest absolute Gasteiger partial charge is 0.382 e. The summed E-state index contributed by atoms with van der Waals surface area (Å²) in [5, 5.41) is 3.09. The lowest BCUT2D eigenvalue weighted by atomic mass is 9.98. The van der Waals surface area contributed by atoms with Gasteiger partial charge in [0, 0.05) is 26.4 Å². The Bertz CT molecular complexity index is 928. The number of nitrogens with one attached hydrogen (secondary N) is 1. The number of anilines is 1. The van der Waals surface area contributed by atoms with Gasteiger partial charge in [-0.25, -0.2) is 0 Å². The summed E-state index contributed by atoms with van der Waals surface area (Å²) in [5.41, 5.74) is 1.20. The van der Waals surface area contributed by atoms with Gasteiger partial charge in [-0.3, -0.25) is 9.78 Å². The zero-order valence-corrected chi connectivity index (χ0v) is 17.4. The largest absolute Gasteiger partial charge is 0.417 e. The van der Waals surface area contributed by atoms with Gasteiger partial charge in [0.1, 0.15) is 0 Å². The summed E-state index contributed by atoms with van der Waals surface area (Å²) in [6.45, 7) is 1.14. The third-order valence-electron chi connectivity index (χ3n) is 5.99. The summed E-state index contributed by atoms with van der Waals surface area (Å²) < 4.78 is 44.5. The zero-order valence-electron chi connectivity index (χ0n) is 17.4. The van der Waals surface area contributed by atoms with Crippen LogP contribution < -0.4 is 10.2 Å². The van der Waals surface area contributed by atoms with Crippen molar-refractivity contribution in [3.63, 3.8) is 0 Å². The summed E-state index contributed by atoms with van der Waals surface area (Å²) in [7, 11) is 1.55. The van der Waals surface area contributed by atoms with E-state index in [1.807, 2.05) is 17.0 Å². The number of amides is 1. The van der Waals surface area contributed by atoms with Gasteiger partial charge in [-0.2, -0.15) is 13.2 Å². The second kappa shape index (κ2) is 8.49. The lowest BCUT2D eigenvalue weighted by Crippen LogP contribution is -2.54. The number of pyridine rings is 1. The molecule has 2 aromatic rings. The average Bonchev–Trinajstić information content (AvgIpc) is 3.50. The normalized spacial score (nSPS) is 21.4. The van der Waals surface area contributed by atoms with Crippen molar-refractivity contribution in [1.82, 2.24) is 10.3 Å². The Morgan fingerprint density at radius 2 is 2.00 bits per heavy atom. The van der Waals surface area contributed by atoms with Crippen molar-refractivity contribution in [1.29, 1.82) is 0 Å². The molecule has 1 N–H and O–H groups in total. The van der Waals surface area contributed by atoms with Gasteiger partial charge >= 0.3 is 6.18 Å². The molecule has 0 radical (unpaired) electrons. The Kier molecular flexibility index (Phi) is 5.92. The van der Waals surface area contributed by atoms with Gasteiger partial charge in [0.2, 0.25) is 5.91 Å². The minimum atomic E-state index is -4.45. The van der Waals surface area contributed by atoms with Gasteiger partial charge in [-0.1, -0.05) is 24.3 Å². The van der Waals surface area contributed by atoms with E-state index in [1.54, 1.807) is 7.11 Å². The maximum Gasteiger partial charge on any atom is 0.417 e. The van der Waals surface area contributed by atoms with Gasteiger partial charge in [0.25, 0.3) is 0 Å². The van der Waals surface area contributed by atoms with Crippen molar-refractivity contribution in [2.24, 2.45) is 0 Å². The molecule has 1 aromatic heterocycles. The summed E-state index contributed by atoms with van der Waals surface area (Å²) in [5.74, 6) is 0.544. The molecule has 2 heterocycles. The van der Waals surface area contributed by atoms with Crippen molar-refractivity contribution in [3.8, 4) is 0 Å². The molecule has 5 nitrogen and oxygen atoms in total. The van der Waals surface area contributed by atoms with Crippen molar-refractivity contribution < 1.29 is 22.7 Å². The number of ether oxygens (including phenoxy) is 1. The Hall–Kier alpha value is -2.61. The number of rotatable bonds is 7. The number of benzene rings is 1. The molecule has 4 rings (SSSR count). The molecule has 1 amide bonds. The van der Waals surface area contributed by atoms with Gasteiger partial charge in [-0.05, 0) is 42.4 Å².